The number of hydrogen-bond acceptors (Lipinski definition) is 7. The van der Waals surface area contributed by atoms with E-state index in [9.17, 15) is 9.59 Å². The minimum absolute atomic E-state index is 0.00880. The van der Waals surface area contributed by atoms with Gasteiger partial charge >= 0.3 is 0 Å². The molecule has 0 spiro atoms. The Kier molecular flexibility index (Phi) is 6.22. The van der Waals surface area contributed by atoms with Crippen molar-refractivity contribution in [1.29, 1.82) is 0 Å². The summed E-state index contributed by atoms with van der Waals surface area (Å²) in [7, 11) is 1.62. The van der Waals surface area contributed by atoms with E-state index in [1.807, 2.05) is 32.0 Å². The molecular weight excluding hydrogens is 474 g/mol. The van der Waals surface area contributed by atoms with Gasteiger partial charge in [-0.05, 0) is 50.1 Å². The van der Waals surface area contributed by atoms with Crippen molar-refractivity contribution in [1.82, 2.24) is 15.2 Å². The van der Waals surface area contributed by atoms with Crippen LogP contribution in [0, 0.1) is 0 Å². The molecule has 0 aliphatic carbocycles. The monoisotopic (exact) mass is 499 g/mol. The Hall–Kier alpha value is -2.68. The number of ether oxygens (including phenoxy) is 2. The highest BCUT2D eigenvalue weighted by Crippen LogP contribution is 2.45. The Bertz CT molecular complexity index is 1290. The molecule has 9 heteroatoms. The normalized spacial score (nSPS) is 16.0. The van der Waals surface area contributed by atoms with Crippen LogP contribution in [0.25, 0.3) is 21.3 Å². The summed E-state index contributed by atoms with van der Waals surface area (Å²) in [5, 5.41) is 4.91. The van der Waals surface area contributed by atoms with Gasteiger partial charge in [0, 0.05) is 35.2 Å². The second kappa shape index (κ2) is 9.17. The first-order valence-electron chi connectivity index (χ1n) is 11.4. The van der Waals surface area contributed by atoms with E-state index in [4.69, 9.17) is 26.1 Å². The van der Waals surface area contributed by atoms with Gasteiger partial charge in [-0.2, -0.15) is 0 Å². The zero-order chi connectivity index (χ0) is 24.0. The van der Waals surface area contributed by atoms with Gasteiger partial charge in [0.25, 0.3) is 0 Å². The maximum Gasteiger partial charge on any atom is 0.230 e. The SMILES string of the molecule is COc1cc(-c2c(Cl)c(CN3C(=O)CCC3=O)nc3sc4c(c23)CCNC4)ccc1OC(C)C. The molecule has 1 N–H and O–H groups in total. The number of nitrogens with zero attached hydrogens (tertiary/aromatic N) is 2. The maximum atomic E-state index is 12.3. The van der Waals surface area contributed by atoms with Crippen LogP contribution in [0.4, 0.5) is 0 Å². The first-order chi connectivity index (χ1) is 16.4. The van der Waals surface area contributed by atoms with Crippen LogP contribution < -0.4 is 14.8 Å². The van der Waals surface area contributed by atoms with Gasteiger partial charge in [0.05, 0.1) is 30.5 Å². The summed E-state index contributed by atoms with van der Waals surface area (Å²) in [5.74, 6) is 0.907. The van der Waals surface area contributed by atoms with Crippen LogP contribution >= 0.6 is 22.9 Å². The number of pyridine rings is 1. The summed E-state index contributed by atoms with van der Waals surface area (Å²) in [6, 6.07) is 5.80. The summed E-state index contributed by atoms with van der Waals surface area (Å²) in [5.41, 5.74) is 3.52. The van der Waals surface area contributed by atoms with Crippen LogP contribution in [0.2, 0.25) is 5.02 Å². The van der Waals surface area contributed by atoms with Crippen LogP contribution in [0.5, 0.6) is 11.5 Å². The predicted molar refractivity (Wildman–Crippen MR) is 133 cm³/mol. The lowest BCUT2D eigenvalue weighted by atomic mass is 9.96. The zero-order valence-corrected chi connectivity index (χ0v) is 20.9. The molecule has 1 aromatic carbocycles. The fourth-order valence-corrected chi connectivity index (χ4v) is 6.11. The number of likely N-dealkylation sites (tertiary alicyclic amines) is 1. The number of nitrogens with one attached hydrogen (secondary N) is 1. The molecule has 7 nitrogen and oxygen atoms in total. The molecule has 4 heterocycles. The number of hydrogen-bond donors (Lipinski definition) is 1. The third-order valence-electron chi connectivity index (χ3n) is 6.15. The molecule has 1 saturated heterocycles. The number of carbonyl (C=O) groups is 2. The highest BCUT2D eigenvalue weighted by molar-refractivity contribution is 7.19. The molecule has 2 amide bonds. The van der Waals surface area contributed by atoms with E-state index in [2.05, 4.69) is 5.32 Å². The topological polar surface area (TPSA) is 80.8 Å². The predicted octanol–water partition coefficient (Wildman–Crippen LogP) is 4.71. The molecule has 0 atom stereocenters. The van der Waals surface area contributed by atoms with Crippen molar-refractivity contribution in [3.05, 3.63) is 39.4 Å². The molecule has 3 aromatic rings. The van der Waals surface area contributed by atoms with Gasteiger partial charge in [-0.15, -0.1) is 11.3 Å². The lowest BCUT2D eigenvalue weighted by Gasteiger charge is -2.19. The Morgan fingerprint density at radius 2 is 1.94 bits per heavy atom. The van der Waals surface area contributed by atoms with Gasteiger partial charge in [-0.25, -0.2) is 4.98 Å². The third-order valence-corrected chi connectivity index (χ3v) is 7.68. The highest BCUT2D eigenvalue weighted by atomic mass is 35.5. The fraction of sp³-hybridized carbons (Fsp3) is 0.400. The Morgan fingerprint density at radius 1 is 1.18 bits per heavy atom. The van der Waals surface area contributed by atoms with Crippen LogP contribution in [0.1, 0.15) is 42.8 Å². The van der Waals surface area contributed by atoms with Crippen molar-refractivity contribution in [3.63, 3.8) is 0 Å². The minimum Gasteiger partial charge on any atom is -0.493 e. The molecule has 0 bridgehead atoms. The Morgan fingerprint density at radius 3 is 2.65 bits per heavy atom. The first-order valence-corrected chi connectivity index (χ1v) is 12.6. The summed E-state index contributed by atoms with van der Waals surface area (Å²) in [6.45, 7) is 5.69. The second-order valence-electron chi connectivity index (χ2n) is 8.76. The molecule has 34 heavy (non-hydrogen) atoms. The number of aromatic nitrogens is 1. The average molecular weight is 500 g/mol. The fourth-order valence-electron chi connectivity index (χ4n) is 4.58. The van der Waals surface area contributed by atoms with E-state index < -0.39 is 0 Å². The third kappa shape index (κ3) is 4.04. The molecule has 0 radical (unpaired) electrons. The van der Waals surface area contributed by atoms with Gasteiger partial charge in [-0.3, -0.25) is 14.5 Å². The van der Waals surface area contributed by atoms with Crippen molar-refractivity contribution in [2.45, 2.75) is 52.3 Å². The van der Waals surface area contributed by atoms with Gasteiger partial charge in [0.1, 0.15) is 4.83 Å². The van der Waals surface area contributed by atoms with Crippen molar-refractivity contribution >= 4 is 45.0 Å². The number of carbonyl (C=O) groups excluding carboxylic acids is 2. The van der Waals surface area contributed by atoms with E-state index in [0.29, 0.717) is 22.2 Å². The summed E-state index contributed by atoms with van der Waals surface area (Å²) in [4.78, 5) is 32.8. The molecule has 0 saturated carbocycles. The van der Waals surface area contributed by atoms with Crippen LogP contribution in [-0.2, 0) is 29.1 Å². The van der Waals surface area contributed by atoms with Crippen molar-refractivity contribution in [2.75, 3.05) is 13.7 Å². The molecule has 178 valence electrons. The number of fused-ring (bicyclic) bond motifs is 3. The zero-order valence-electron chi connectivity index (χ0n) is 19.4. The van der Waals surface area contributed by atoms with E-state index in [-0.39, 0.29) is 37.3 Å². The molecule has 1 fully saturated rings. The van der Waals surface area contributed by atoms with Crippen LogP contribution in [-0.4, -0.2) is 41.5 Å². The van der Waals surface area contributed by atoms with E-state index in [1.54, 1.807) is 18.4 Å². The van der Waals surface area contributed by atoms with E-state index >= 15 is 0 Å². The lowest BCUT2D eigenvalue weighted by Crippen LogP contribution is -2.29. The summed E-state index contributed by atoms with van der Waals surface area (Å²) < 4.78 is 11.5. The number of rotatable bonds is 6. The number of thiophene rings is 1. The smallest absolute Gasteiger partial charge is 0.230 e. The number of imide groups is 1. The molecule has 0 unspecified atom stereocenters. The van der Waals surface area contributed by atoms with Crippen molar-refractivity contribution < 1.29 is 19.1 Å². The van der Waals surface area contributed by atoms with Crippen molar-refractivity contribution in [3.8, 4) is 22.6 Å². The molecule has 2 aliphatic rings. The van der Waals surface area contributed by atoms with Gasteiger partial charge < -0.3 is 14.8 Å². The number of halogens is 1. The first kappa shape index (κ1) is 23.1. The maximum absolute atomic E-state index is 12.3. The summed E-state index contributed by atoms with van der Waals surface area (Å²) in [6.07, 6.45) is 1.36. The highest BCUT2D eigenvalue weighted by Gasteiger charge is 2.31. The van der Waals surface area contributed by atoms with Crippen LogP contribution in [0.15, 0.2) is 18.2 Å². The second-order valence-corrected chi connectivity index (χ2v) is 10.2. The quantitative estimate of drug-likeness (QED) is 0.495. The van der Waals surface area contributed by atoms with Gasteiger partial charge in [-0.1, -0.05) is 17.7 Å². The van der Waals surface area contributed by atoms with Crippen molar-refractivity contribution in [2.24, 2.45) is 0 Å². The van der Waals surface area contributed by atoms with Gasteiger partial charge in [0.2, 0.25) is 11.8 Å². The Labute approximate surface area is 207 Å². The number of amides is 2. The average Bonchev–Trinajstić information content (AvgIpc) is 3.34. The molecule has 5 rings (SSSR count). The van der Waals surface area contributed by atoms with Crippen LogP contribution in [0.3, 0.4) is 0 Å². The summed E-state index contributed by atoms with van der Waals surface area (Å²) >= 11 is 8.66. The lowest BCUT2D eigenvalue weighted by molar-refractivity contribution is -0.139. The Balaban J connectivity index is 1.70. The number of methoxy groups -OCH3 is 1. The van der Waals surface area contributed by atoms with E-state index in [1.165, 1.54) is 15.3 Å². The molecular formula is C25H26ClN3O4S. The largest absolute Gasteiger partial charge is 0.493 e. The standard InChI is InChI=1S/C25H26ClN3O4S/c1-13(2)33-17-5-4-14(10-18(17)32-3)22-23-15-8-9-27-11-19(15)34-25(23)28-16(24(22)26)12-29-20(30)6-7-21(29)31/h4-5,10,13,27H,6-9,11-12H2,1-3H3. The van der Waals surface area contributed by atoms with Gasteiger partial charge in [0.15, 0.2) is 11.5 Å². The molecule has 2 aliphatic heterocycles. The number of benzene rings is 1. The molecule has 2 aromatic heterocycles. The minimum atomic E-state index is -0.184. The van der Waals surface area contributed by atoms with E-state index in [0.717, 1.165) is 40.9 Å².